The van der Waals surface area contributed by atoms with E-state index >= 15 is 0 Å². The molecule has 78 valence electrons. The molecule has 0 radical (unpaired) electrons. The average molecular weight is 334 g/mol. The minimum absolute atomic E-state index is 0.734. The monoisotopic (exact) mass is 333 g/mol. The maximum Gasteiger partial charge on any atom is 0.0568 e. The number of aromatic amines is 1. The van der Waals surface area contributed by atoms with Gasteiger partial charge >= 0.3 is 0 Å². The number of nitrogens with one attached hydrogen (secondary N) is 2. The van der Waals surface area contributed by atoms with E-state index in [1.54, 1.807) is 6.20 Å². The summed E-state index contributed by atoms with van der Waals surface area (Å²) >= 11 is 8.12. The third-order valence-electron chi connectivity index (χ3n) is 1.96. The zero-order valence-corrected chi connectivity index (χ0v) is 10.7. The molecule has 0 bridgehead atoms. The number of hydrogen-bond acceptors (Lipinski definition) is 2. The van der Waals surface area contributed by atoms with E-state index in [-0.39, 0.29) is 0 Å². The highest BCUT2D eigenvalue weighted by Gasteiger charge is 2.00. The molecule has 0 atom stereocenters. The maximum absolute atomic E-state index is 5.87. The van der Waals surface area contributed by atoms with Crippen LogP contribution in [0, 0.1) is 3.57 Å². The summed E-state index contributed by atoms with van der Waals surface area (Å²) < 4.78 is 1.11. The van der Waals surface area contributed by atoms with Gasteiger partial charge in [0.15, 0.2) is 0 Å². The van der Waals surface area contributed by atoms with E-state index < -0.39 is 0 Å². The fourth-order valence-electron chi connectivity index (χ4n) is 1.21. The summed E-state index contributed by atoms with van der Waals surface area (Å²) in [4.78, 5) is 0. The molecule has 0 unspecified atom stereocenters. The van der Waals surface area contributed by atoms with Crippen LogP contribution in [0.15, 0.2) is 30.5 Å². The van der Waals surface area contributed by atoms with Crippen molar-refractivity contribution in [3.63, 3.8) is 0 Å². The number of rotatable bonds is 3. The predicted octanol–water partition coefficient (Wildman–Crippen LogP) is 3.28. The summed E-state index contributed by atoms with van der Waals surface area (Å²) in [5, 5.41) is 10.8. The van der Waals surface area contributed by atoms with E-state index in [0.29, 0.717) is 0 Å². The molecule has 0 spiro atoms. The van der Waals surface area contributed by atoms with Crippen LogP contribution in [0.5, 0.6) is 0 Å². The van der Waals surface area contributed by atoms with Crippen LogP contribution in [-0.4, -0.2) is 10.2 Å². The third-order valence-corrected chi connectivity index (χ3v) is 3.09. The van der Waals surface area contributed by atoms with E-state index in [1.165, 1.54) is 0 Å². The summed E-state index contributed by atoms with van der Waals surface area (Å²) in [6.07, 6.45) is 1.74. The van der Waals surface area contributed by atoms with Gasteiger partial charge in [0.05, 0.1) is 12.2 Å². The summed E-state index contributed by atoms with van der Waals surface area (Å²) in [5.41, 5.74) is 2.13. The van der Waals surface area contributed by atoms with Crippen LogP contribution in [0.2, 0.25) is 5.02 Å². The highest BCUT2D eigenvalue weighted by atomic mass is 127. The number of halogens is 2. The molecule has 0 fully saturated rings. The number of nitrogens with zero attached hydrogens (tertiary/aromatic N) is 1. The van der Waals surface area contributed by atoms with Crippen LogP contribution < -0.4 is 5.32 Å². The van der Waals surface area contributed by atoms with Gasteiger partial charge in [0.2, 0.25) is 0 Å². The molecule has 2 N–H and O–H groups in total. The van der Waals surface area contributed by atoms with Gasteiger partial charge in [0.25, 0.3) is 0 Å². The minimum Gasteiger partial charge on any atom is -0.379 e. The molecular formula is C10H9ClIN3. The largest absolute Gasteiger partial charge is 0.379 e. The Labute approximate surface area is 106 Å². The lowest BCUT2D eigenvalue weighted by Crippen LogP contribution is -2.01. The van der Waals surface area contributed by atoms with Gasteiger partial charge in [-0.2, -0.15) is 5.10 Å². The first-order chi connectivity index (χ1) is 7.25. The van der Waals surface area contributed by atoms with E-state index in [4.69, 9.17) is 11.6 Å². The number of benzene rings is 1. The Morgan fingerprint density at radius 1 is 1.40 bits per heavy atom. The summed E-state index contributed by atoms with van der Waals surface area (Å²) in [5.74, 6) is 0. The van der Waals surface area contributed by atoms with Crippen molar-refractivity contribution in [2.24, 2.45) is 0 Å². The van der Waals surface area contributed by atoms with Crippen LogP contribution in [0.4, 0.5) is 5.69 Å². The molecule has 0 aliphatic heterocycles. The Morgan fingerprint density at radius 2 is 2.27 bits per heavy atom. The molecule has 1 heterocycles. The highest BCUT2D eigenvalue weighted by molar-refractivity contribution is 14.1. The van der Waals surface area contributed by atoms with Crippen molar-refractivity contribution in [3.8, 4) is 0 Å². The Balaban J connectivity index is 2.05. The lowest BCUT2D eigenvalue weighted by atomic mass is 10.3. The Morgan fingerprint density at radius 3 is 2.93 bits per heavy atom. The standard InChI is InChI=1S/C10H9ClIN3/c11-7-1-2-10(9(12)5-7)13-6-8-3-4-14-15-8/h1-5,13H,6H2,(H,14,15). The zero-order chi connectivity index (χ0) is 10.7. The fourth-order valence-corrected chi connectivity index (χ4v) is 2.27. The molecule has 2 rings (SSSR count). The van der Waals surface area contributed by atoms with Crippen molar-refractivity contribution in [1.29, 1.82) is 0 Å². The van der Waals surface area contributed by atoms with Crippen LogP contribution in [-0.2, 0) is 6.54 Å². The zero-order valence-electron chi connectivity index (χ0n) is 7.80. The van der Waals surface area contributed by atoms with Gasteiger partial charge in [-0.25, -0.2) is 0 Å². The summed E-state index contributed by atoms with van der Waals surface area (Å²) in [7, 11) is 0. The molecule has 0 aliphatic carbocycles. The molecule has 0 aliphatic rings. The van der Waals surface area contributed by atoms with Gasteiger partial charge in [0.1, 0.15) is 0 Å². The number of H-pyrrole nitrogens is 1. The average Bonchev–Trinajstić information content (AvgIpc) is 2.69. The van der Waals surface area contributed by atoms with Crippen molar-refractivity contribution < 1.29 is 0 Å². The van der Waals surface area contributed by atoms with Gasteiger partial charge in [0, 0.05) is 20.5 Å². The van der Waals surface area contributed by atoms with Crippen LogP contribution >= 0.6 is 34.2 Å². The van der Waals surface area contributed by atoms with Gasteiger partial charge in [-0.05, 0) is 46.9 Å². The third kappa shape index (κ3) is 2.85. The SMILES string of the molecule is Clc1ccc(NCc2ccn[nH]2)c(I)c1. The molecule has 0 saturated heterocycles. The second kappa shape index (κ2) is 4.85. The summed E-state index contributed by atoms with van der Waals surface area (Å²) in [6.45, 7) is 0.734. The molecule has 0 saturated carbocycles. The first-order valence-corrected chi connectivity index (χ1v) is 5.88. The number of aromatic nitrogens is 2. The van der Waals surface area contributed by atoms with Gasteiger partial charge in [-0.15, -0.1) is 0 Å². The lowest BCUT2D eigenvalue weighted by Gasteiger charge is -2.07. The molecule has 3 nitrogen and oxygen atoms in total. The minimum atomic E-state index is 0.734. The summed E-state index contributed by atoms with van der Waals surface area (Å²) in [6, 6.07) is 7.71. The molecule has 1 aromatic carbocycles. The van der Waals surface area contributed by atoms with Gasteiger partial charge in [-0.1, -0.05) is 11.6 Å². The van der Waals surface area contributed by atoms with Crippen LogP contribution in [0.25, 0.3) is 0 Å². The molecule has 15 heavy (non-hydrogen) atoms. The van der Waals surface area contributed by atoms with Crippen molar-refractivity contribution in [2.45, 2.75) is 6.54 Å². The predicted molar refractivity (Wildman–Crippen MR) is 70.1 cm³/mol. The topological polar surface area (TPSA) is 40.7 Å². The smallest absolute Gasteiger partial charge is 0.0568 e. The quantitative estimate of drug-likeness (QED) is 0.846. The lowest BCUT2D eigenvalue weighted by molar-refractivity contribution is 0.981. The first-order valence-electron chi connectivity index (χ1n) is 4.43. The molecule has 5 heteroatoms. The maximum atomic E-state index is 5.87. The first kappa shape index (κ1) is 10.8. The van der Waals surface area contributed by atoms with Crippen molar-refractivity contribution >= 4 is 39.9 Å². The van der Waals surface area contributed by atoms with Crippen molar-refractivity contribution in [3.05, 3.63) is 44.7 Å². The highest BCUT2D eigenvalue weighted by Crippen LogP contribution is 2.22. The van der Waals surface area contributed by atoms with E-state index in [1.807, 2.05) is 24.3 Å². The van der Waals surface area contributed by atoms with E-state index in [9.17, 15) is 0 Å². The van der Waals surface area contributed by atoms with Gasteiger partial charge < -0.3 is 5.32 Å². The van der Waals surface area contributed by atoms with E-state index in [0.717, 1.165) is 26.5 Å². The molecule has 2 aromatic rings. The fraction of sp³-hybridized carbons (Fsp3) is 0.100. The van der Waals surface area contributed by atoms with Crippen molar-refractivity contribution in [1.82, 2.24) is 10.2 Å². The Bertz CT molecular complexity index is 442. The normalized spacial score (nSPS) is 10.3. The van der Waals surface area contributed by atoms with E-state index in [2.05, 4.69) is 38.1 Å². The number of anilines is 1. The van der Waals surface area contributed by atoms with Gasteiger partial charge in [-0.3, -0.25) is 5.10 Å². The Kier molecular flexibility index (Phi) is 3.48. The molecule has 1 aromatic heterocycles. The second-order valence-corrected chi connectivity index (χ2v) is 4.66. The second-order valence-electron chi connectivity index (χ2n) is 3.06. The molecular weight excluding hydrogens is 324 g/mol. The number of hydrogen-bond donors (Lipinski definition) is 2. The van der Waals surface area contributed by atoms with Crippen LogP contribution in [0.1, 0.15) is 5.69 Å². The molecule has 0 amide bonds. The van der Waals surface area contributed by atoms with Crippen LogP contribution in [0.3, 0.4) is 0 Å². The Hall–Kier alpha value is -0.750. The van der Waals surface area contributed by atoms with Crippen molar-refractivity contribution in [2.75, 3.05) is 5.32 Å².